The van der Waals surface area contributed by atoms with Gasteiger partial charge in [0.25, 0.3) is 10.0 Å². The first-order chi connectivity index (χ1) is 21.9. The molecule has 0 aliphatic rings. The van der Waals surface area contributed by atoms with E-state index in [1.807, 2.05) is 58.0 Å². The molecule has 0 bridgehead atoms. The lowest BCUT2D eigenvalue weighted by Gasteiger charge is -2.35. The van der Waals surface area contributed by atoms with Crippen LogP contribution in [-0.2, 0) is 32.6 Å². The molecule has 0 aliphatic heterocycles. The van der Waals surface area contributed by atoms with E-state index in [2.05, 4.69) is 5.32 Å². The Bertz CT molecular complexity index is 1710. The van der Waals surface area contributed by atoms with Crippen molar-refractivity contribution in [3.63, 3.8) is 0 Å². The predicted octanol–water partition coefficient (Wildman–Crippen LogP) is 6.49. The smallest absolute Gasteiger partial charge is 0.264 e. The molecule has 4 rings (SSSR count). The summed E-state index contributed by atoms with van der Waals surface area (Å²) in [6.07, 6.45) is 0.202. The van der Waals surface area contributed by atoms with Crippen LogP contribution in [0.25, 0.3) is 0 Å². The van der Waals surface area contributed by atoms with Crippen molar-refractivity contribution in [2.75, 3.05) is 17.5 Å². The standard InChI is InChI=1S/C36H40ClN3O5S/c1-5-45-30-22-20-29(21-23-30)40(46(43,44)31-17-10-7-11-18-31)26-34(41)39(25-28-16-12-13-19-32(28)37)33(35(42)38-36(2,3)4)24-27-14-8-6-9-15-27/h6-23,33H,5,24-26H2,1-4H3,(H,38,42). The number of carbonyl (C=O) groups excluding carboxylic acids is 2. The Balaban J connectivity index is 1.82. The van der Waals surface area contributed by atoms with E-state index >= 15 is 0 Å². The summed E-state index contributed by atoms with van der Waals surface area (Å²) in [6.45, 7) is 7.31. The summed E-state index contributed by atoms with van der Waals surface area (Å²) in [5, 5.41) is 3.45. The molecule has 46 heavy (non-hydrogen) atoms. The molecule has 0 aliphatic carbocycles. The third kappa shape index (κ3) is 9.11. The Morgan fingerprint density at radius 1 is 0.848 bits per heavy atom. The number of sulfonamides is 1. The van der Waals surface area contributed by atoms with Gasteiger partial charge in [-0.1, -0.05) is 78.3 Å². The van der Waals surface area contributed by atoms with Gasteiger partial charge < -0.3 is 15.0 Å². The van der Waals surface area contributed by atoms with Gasteiger partial charge in [-0.05, 0) is 81.3 Å². The zero-order chi connectivity index (χ0) is 33.3. The number of nitrogens with zero attached hydrogens (tertiary/aromatic N) is 2. The van der Waals surface area contributed by atoms with Crippen LogP contribution >= 0.6 is 11.6 Å². The van der Waals surface area contributed by atoms with Crippen molar-refractivity contribution < 1.29 is 22.7 Å². The normalized spacial score (nSPS) is 12.2. The molecular weight excluding hydrogens is 622 g/mol. The van der Waals surface area contributed by atoms with Crippen molar-refractivity contribution in [2.24, 2.45) is 0 Å². The van der Waals surface area contributed by atoms with Gasteiger partial charge in [0, 0.05) is 23.5 Å². The number of carbonyl (C=O) groups is 2. The van der Waals surface area contributed by atoms with E-state index in [9.17, 15) is 18.0 Å². The SMILES string of the molecule is CCOc1ccc(N(CC(=O)N(Cc2ccccc2Cl)C(Cc2ccccc2)C(=O)NC(C)(C)C)S(=O)(=O)c2ccccc2)cc1. The van der Waals surface area contributed by atoms with E-state index in [1.54, 1.807) is 66.7 Å². The summed E-state index contributed by atoms with van der Waals surface area (Å²) in [5.74, 6) is -0.370. The summed E-state index contributed by atoms with van der Waals surface area (Å²) in [4.78, 5) is 30.0. The van der Waals surface area contributed by atoms with Crippen LogP contribution in [0.2, 0.25) is 5.02 Å². The number of rotatable bonds is 13. The van der Waals surface area contributed by atoms with Crippen molar-refractivity contribution in [3.05, 3.63) is 125 Å². The van der Waals surface area contributed by atoms with E-state index in [-0.39, 0.29) is 29.5 Å². The Kier molecular flexibility index (Phi) is 11.5. The fourth-order valence-electron chi connectivity index (χ4n) is 4.94. The number of nitrogens with one attached hydrogen (secondary N) is 1. The zero-order valence-electron chi connectivity index (χ0n) is 26.5. The molecule has 8 nitrogen and oxygen atoms in total. The zero-order valence-corrected chi connectivity index (χ0v) is 28.1. The van der Waals surface area contributed by atoms with Gasteiger partial charge >= 0.3 is 0 Å². The molecule has 0 fully saturated rings. The summed E-state index contributed by atoms with van der Waals surface area (Å²) in [5.41, 5.74) is 1.15. The molecule has 0 saturated heterocycles. The van der Waals surface area contributed by atoms with Gasteiger partial charge in [0.05, 0.1) is 17.2 Å². The van der Waals surface area contributed by atoms with Crippen molar-refractivity contribution in [1.29, 1.82) is 0 Å². The average Bonchev–Trinajstić information content (AvgIpc) is 3.03. The lowest BCUT2D eigenvalue weighted by Crippen LogP contribution is -2.56. The maximum Gasteiger partial charge on any atom is 0.264 e. The van der Waals surface area contributed by atoms with E-state index in [1.165, 1.54) is 17.0 Å². The number of hydrogen-bond donors (Lipinski definition) is 1. The molecule has 0 spiro atoms. The molecule has 4 aromatic carbocycles. The maximum atomic E-state index is 14.6. The third-order valence-corrected chi connectivity index (χ3v) is 9.27. The van der Waals surface area contributed by atoms with Crippen molar-refractivity contribution in [3.8, 4) is 5.75 Å². The second-order valence-corrected chi connectivity index (χ2v) is 14.1. The second kappa shape index (κ2) is 15.3. The van der Waals surface area contributed by atoms with Gasteiger partial charge in [0.15, 0.2) is 0 Å². The highest BCUT2D eigenvalue weighted by Gasteiger charge is 2.35. The Labute approximate surface area is 277 Å². The van der Waals surface area contributed by atoms with Crippen LogP contribution < -0.4 is 14.4 Å². The summed E-state index contributed by atoms with van der Waals surface area (Å²) in [6, 6.07) is 30.0. The summed E-state index contributed by atoms with van der Waals surface area (Å²) < 4.78 is 34.9. The number of benzene rings is 4. The minimum absolute atomic E-state index is 0.0178. The van der Waals surface area contributed by atoms with E-state index < -0.39 is 34.1 Å². The molecule has 0 radical (unpaired) electrons. The van der Waals surface area contributed by atoms with Gasteiger partial charge in [0.2, 0.25) is 11.8 Å². The predicted molar refractivity (Wildman–Crippen MR) is 182 cm³/mol. The van der Waals surface area contributed by atoms with Crippen LogP contribution in [-0.4, -0.2) is 49.9 Å². The lowest BCUT2D eigenvalue weighted by molar-refractivity contribution is -0.140. The first kappa shape index (κ1) is 34.5. The number of ether oxygens (including phenoxy) is 1. The molecule has 4 aromatic rings. The average molecular weight is 662 g/mol. The molecule has 1 unspecified atom stereocenters. The van der Waals surface area contributed by atoms with Crippen molar-refractivity contribution in [1.82, 2.24) is 10.2 Å². The van der Waals surface area contributed by atoms with E-state index in [4.69, 9.17) is 16.3 Å². The highest BCUT2D eigenvalue weighted by atomic mass is 35.5. The van der Waals surface area contributed by atoms with Gasteiger partial charge in [-0.15, -0.1) is 0 Å². The molecule has 10 heteroatoms. The minimum Gasteiger partial charge on any atom is -0.494 e. The molecule has 1 atom stereocenters. The third-order valence-electron chi connectivity index (χ3n) is 7.11. The maximum absolute atomic E-state index is 14.6. The highest BCUT2D eigenvalue weighted by molar-refractivity contribution is 7.92. The largest absolute Gasteiger partial charge is 0.494 e. The first-order valence-electron chi connectivity index (χ1n) is 15.1. The quantitative estimate of drug-likeness (QED) is 0.177. The Morgan fingerprint density at radius 3 is 2.02 bits per heavy atom. The molecule has 0 aromatic heterocycles. The van der Waals surface area contributed by atoms with E-state index in [0.717, 1.165) is 9.87 Å². The van der Waals surface area contributed by atoms with Gasteiger partial charge in [-0.25, -0.2) is 8.42 Å². The van der Waals surface area contributed by atoms with Crippen molar-refractivity contribution >= 4 is 39.1 Å². The Hall–Kier alpha value is -4.34. The van der Waals surface area contributed by atoms with Crippen LogP contribution in [0.15, 0.2) is 114 Å². The van der Waals surface area contributed by atoms with Crippen LogP contribution in [0.3, 0.4) is 0 Å². The van der Waals surface area contributed by atoms with Crippen LogP contribution in [0.5, 0.6) is 5.75 Å². The lowest BCUT2D eigenvalue weighted by atomic mass is 10.0. The molecule has 2 amide bonds. The number of hydrogen-bond acceptors (Lipinski definition) is 5. The fourth-order valence-corrected chi connectivity index (χ4v) is 6.57. The van der Waals surface area contributed by atoms with Gasteiger partial charge in [-0.2, -0.15) is 0 Å². The number of halogens is 1. The topological polar surface area (TPSA) is 96.0 Å². The van der Waals surface area contributed by atoms with E-state index in [0.29, 0.717) is 22.9 Å². The molecular formula is C36H40ClN3O5S. The molecule has 242 valence electrons. The highest BCUT2D eigenvalue weighted by Crippen LogP contribution is 2.28. The summed E-state index contributed by atoms with van der Waals surface area (Å²) >= 11 is 6.56. The van der Waals surface area contributed by atoms with Gasteiger partial charge in [-0.3, -0.25) is 13.9 Å². The van der Waals surface area contributed by atoms with Crippen LogP contribution in [0.4, 0.5) is 5.69 Å². The van der Waals surface area contributed by atoms with Crippen LogP contribution in [0, 0.1) is 0 Å². The number of amides is 2. The first-order valence-corrected chi connectivity index (χ1v) is 16.9. The fraction of sp³-hybridized carbons (Fsp3) is 0.278. The summed E-state index contributed by atoms with van der Waals surface area (Å²) in [7, 11) is -4.20. The Morgan fingerprint density at radius 2 is 1.43 bits per heavy atom. The molecule has 0 saturated carbocycles. The molecule has 0 heterocycles. The molecule has 1 N–H and O–H groups in total. The second-order valence-electron chi connectivity index (χ2n) is 11.8. The van der Waals surface area contributed by atoms with Crippen LogP contribution in [0.1, 0.15) is 38.8 Å². The monoisotopic (exact) mass is 661 g/mol. The minimum atomic E-state index is -4.20. The van der Waals surface area contributed by atoms with Crippen molar-refractivity contribution in [2.45, 2.75) is 57.1 Å². The number of anilines is 1. The van der Waals surface area contributed by atoms with Gasteiger partial charge in [0.1, 0.15) is 18.3 Å².